The van der Waals surface area contributed by atoms with Gasteiger partial charge in [0.2, 0.25) is 0 Å². The Morgan fingerprint density at radius 1 is 1.47 bits per heavy atom. The molecular formula is C10H21BNO6P. The Balaban J connectivity index is 2.78. The Kier molecular flexibility index (Phi) is 6.97. The molecule has 9 heteroatoms. The topological polar surface area (TPSA) is 100 Å². The molecule has 2 unspecified atom stereocenters. The van der Waals surface area contributed by atoms with Crippen LogP contribution in [0.15, 0.2) is 0 Å². The number of hydrogen-bond donors (Lipinski definition) is 2. The second-order valence-corrected chi connectivity index (χ2v) is 5.92. The van der Waals surface area contributed by atoms with Crippen LogP contribution in [0.5, 0.6) is 0 Å². The van der Waals surface area contributed by atoms with Crippen molar-refractivity contribution in [1.29, 1.82) is 0 Å². The van der Waals surface area contributed by atoms with Crippen molar-refractivity contribution in [3.8, 4) is 0 Å². The van der Waals surface area contributed by atoms with E-state index >= 15 is 0 Å². The molecule has 1 heterocycles. The summed E-state index contributed by atoms with van der Waals surface area (Å²) in [7, 11) is 4.39. The lowest BCUT2D eigenvalue weighted by molar-refractivity contribution is -0.0193. The Morgan fingerprint density at radius 2 is 2.16 bits per heavy atom. The molecule has 2 radical (unpaired) electrons. The van der Waals surface area contributed by atoms with E-state index in [1.807, 2.05) is 0 Å². The van der Waals surface area contributed by atoms with Crippen molar-refractivity contribution in [3.63, 3.8) is 0 Å². The van der Waals surface area contributed by atoms with Gasteiger partial charge in [-0.05, 0) is 19.4 Å². The molecule has 1 rings (SSSR count). The van der Waals surface area contributed by atoms with Crippen LogP contribution in [-0.4, -0.2) is 58.3 Å². The normalized spacial score (nSPS) is 34.3. The fraction of sp³-hybridized carbons (Fsp3) is 1.00. The third kappa shape index (κ3) is 4.83. The van der Waals surface area contributed by atoms with E-state index in [4.69, 9.17) is 27.6 Å². The number of phosphoric ester groups is 1. The number of phosphoric acid groups is 1. The SMILES string of the molecule is [B][C@@H]1O[C@H](COC)[C@H](OP(=O)(O)OC)C1CCCN. The smallest absolute Gasteiger partial charge is 0.382 e. The molecule has 1 aliphatic heterocycles. The Bertz CT molecular complexity index is 320. The van der Waals surface area contributed by atoms with Crippen molar-refractivity contribution < 1.29 is 28.0 Å². The third-order valence-corrected chi connectivity index (χ3v) is 4.07. The predicted molar refractivity (Wildman–Crippen MR) is 69.8 cm³/mol. The summed E-state index contributed by atoms with van der Waals surface area (Å²) in [6.07, 6.45) is 0.215. The maximum absolute atomic E-state index is 11.6. The Morgan fingerprint density at radius 3 is 2.68 bits per heavy atom. The Labute approximate surface area is 114 Å². The largest absolute Gasteiger partial charge is 0.472 e. The van der Waals surface area contributed by atoms with Crippen molar-refractivity contribution >= 4 is 15.7 Å². The van der Waals surface area contributed by atoms with Gasteiger partial charge in [-0.1, -0.05) is 0 Å². The first-order valence-electron chi connectivity index (χ1n) is 6.12. The van der Waals surface area contributed by atoms with Gasteiger partial charge in [0.1, 0.15) is 20.1 Å². The van der Waals surface area contributed by atoms with Crippen LogP contribution in [0.2, 0.25) is 0 Å². The van der Waals surface area contributed by atoms with Gasteiger partial charge in [0.15, 0.2) is 0 Å². The zero-order valence-electron chi connectivity index (χ0n) is 11.2. The summed E-state index contributed by atoms with van der Waals surface area (Å²) in [5.41, 5.74) is 5.47. The minimum Gasteiger partial charge on any atom is -0.382 e. The molecular weight excluding hydrogens is 272 g/mol. The summed E-state index contributed by atoms with van der Waals surface area (Å²) in [6, 6.07) is -0.575. The van der Waals surface area contributed by atoms with E-state index in [1.165, 1.54) is 7.11 Å². The molecule has 19 heavy (non-hydrogen) atoms. The summed E-state index contributed by atoms with van der Waals surface area (Å²) in [6.45, 7) is 0.729. The first-order valence-corrected chi connectivity index (χ1v) is 7.61. The van der Waals surface area contributed by atoms with Crippen LogP contribution in [0.3, 0.4) is 0 Å². The summed E-state index contributed by atoms with van der Waals surface area (Å²) in [5.74, 6) is -0.223. The van der Waals surface area contributed by atoms with Gasteiger partial charge in [0.05, 0.1) is 6.61 Å². The van der Waals surface area contributed by atoms with Gasteiger partial charge in [0.25, 0.3) is 0 Å². The average Bonchev–Trinajstić information content (AvgIpc) is 2.63. The van der Waals surface area contributed by atoms with E-state index < -0.39 is 26.0 Å². The van der Waals surface area contributed by atoms with Gasteiger partial charge in [-0.3, -0.25) is 9.05 Å². The van der Waals surface area contributed by atoms with Gasteiger partial charge in [-0.25, -0.2) is 4.57 Å². The van der Waals surface area contributed by atoms with Gasteiger partial charge >= 0.3 is 7.82 Å². The highest BCUT2D eigenvalue weighted by Crippen LogP contribution is 2.48. The van der Waals surface area contributed by atoms with E-state index in [2.05, 4.69) is 4.52 Å². The van der Waals surface area contributed by atoms with Crippen molar-refractivity contribution in [2.45, 2.75) is 31.1 Å². The molecule has 0 aromatic rings. The van der Waals surface area contributed by atoms with Crippen molar-refractivity contribution in [1.82, 2.24) is 0 Å². The standard InChI is InChI=1S/C10H21BNO6P/c1-15-6-8-9(18-19(13,14)16-2)7(4-3-5-12)10(11)17-8/h7-10H,3-6,12H2,1-2H3,(H,13,14)/t7?,8-,9-,10-/m1/s1. The van der Waals surface area contributed by atoms with E-state index in [9.17, 15) is 9.46 Å². The molecule has 1 fully saturated rings. The van der Waals surface area contributed by atoms with Crippen molar-refractivity contribution in [3.05, 3.63) is 0 Å². The molecule has 110 valence electrons. The second-order valence-electron chi connectivity index (χ2n) is 4.41. The monoisotopic (exact) mass is 293 g/mol. The van der Waals surface area contributed by atoms with Crippen LogP contribution in [0.4, 0.5) is 0 Å². The van der Waals surface area contributed by atoms with E-state index in [0.717, 1.165) is 13.5 Å². The summed E-state index contributed by atoms with van der Waals surface area (Å²) in [4.78, 5) is 9.45. The molecule has 1 aliphatic rings. The van der Waals surface area contributed by atoms with Gasteiger partial charge in [0, 0.05) is 26.1 Å². The quantitative estimate of drug-likeness (QED) is 0.480. The van der Waals surface area contributed by atoms with Gasteiger partial charge < -0.3 is 20.1 Å². The van der Waals surface area contributed by atoms with Crippen LogP contribution >= 0.6 is 7.82 Å². The summed E-state index contributed by atoms with van der Waals surface area (Å²) < 4.78 is 31.7. The third-order valence-electron chi connectivity index (χ3n) is 3.10. The zero-order chi connectivity index (χ0) is 14.5. The minimum atomic E-state index is -4.10. The van der Waals surface area contributed by atoms with Crippen molar-refractivity contribution in [2.75, 3.05) is 27.4 Å². The summed E-state index contributed by atoms with van der Waals surface area (Å²) >= 11 is 0. The second kappa shape index (κ2) is 7.74. The lowest BCUT2D eigenvalue weighted by Crippen LogP contribution is -2.33. The molecule has 0 saturated carbocycles. The number of rotatable bonds is 8. The molecule has 0 spiro atoms. The van der Waals surface area contributed by atoms with Gasteiger partial charge in [-0.15, -0.1) is 0 Å². The van der Waals surface area contributed by atoms with E-state index in [0.29, 0.717) is 13.0 Å². The molecule has 1 saturated heterocycles. The molecule has 7 nitrogen and oxygen atoms in total. The van der Waals surface area contributed by atoms with Crippen LogP contribution < -0.4 is 5.73 Å². The lowest BCUT2D eigenvalue weighted by atomic mass is 9.82. The number of methoxy groups -OCH3 is 1. The van der Waals surface area contributed by atoms with E-state index in [1.54, 1.807) is 0 Å². The average molecular weight is 293 g/mol. The fourth-order valence-electron chi connectivity index (χ4n) is 2.17. The number of hydrogen-bond acceptors (Lipinski definition) is 6. The highest BCUT2D eigenvalue weighted by Gasteiger charge is 2.45. The minimum absolute atomic E-state index is 0.223. The van der Waals surface area contributed by atoms with E-state index in [-0.39, 0.29) is 12.5 Å². The zero-order valence-corrected chi connectivity index (χ0v) is 12.1. The molecule has 5 atom stereocenters. The van der Waals surface area contributed by atoms with Crippen molar-refractivity contribution in [2.24, 2.45) is 11.7 Å². The highest BCUT2D eigenvalue weighted by molar-refractivity contribution is 7.47. The van der Waals surface area contributed by atoms with Gasteiger partial charge in [-0.2, -0.15) is 0 Å². The first-order chi connectivity index (χ1) is 8.95. The number of ether oxygens (including phenoxy) is 2. The molecule has 0 aliphatic carbocycles. The molecule has 0 bridgehead atoms. The maximum Gasteiger partial charge on any atom is 0.472 e. The highest BCUT2D eigenvalue weighted by atomic mass is 31.2. The first kappa shape index (κ1) is 17.1. The van der Waals surface area contributed by atoms with Crippen LogP contribution in [0.25, 0.3) is 0 Å². The maximum atomic E-state index is 11.6. The summed E-state index contributed by atoms with van der Waals surface area (Å²) in [5, 5.41) is 0. The molecule has 0 amide bonds. The Hall–Kier alpha value is 0.0549. The van der Waals surface area contributed by atoms with Crippen LogP contribution in [-0.2, 0) is 23.1 Å². The fourth-order valence-corrected chi connectivity index (χ4v) is 2.85. The van der Waals surface area contributed by atoms with Crippen LogP contribution in [0, 0.1) is 5.92 Å². The number of nitrogens with two attached hydrogens (primary N) is 1. The molecule has 0 aromatic carbocycles. The predicted octanol–water partition coefficient (Wildman–Crippen LogP) is 0.0133. The van der Waals surface area contributed by atoms with Crippen LogP contribution in [0.1, 0.15) is 12.8 Å². The molecule has 3 N–H and O–H groups in total. The lowest BCUT2D eigenvalue weighted by Gasteiger charge is -2.25. The molecule has 0 aromatic heterocycles.